The molecule has 0 aromatic heterocycles. The molecule has 102 valence electrons. The number of quaternary nitrogens is 1. The third kappa shape index (κ3) is 7.34. The molecule has 1 unspecified atom stereocenters. The third-order valence-electron chi connectivity index (χ3n) is 3.03. The van der Waals surface area contributed by atoms with Gasteiger partial charge in [-0.1, -0.05) is 0 Å². The smallest absolute Gasteiger partial charge is 0.239 e. The SMILES string of the molecule is CC(C)N(C)C(=O)C(N)CCCC[N+](C)(C)C. The molecular weight excluding hydrogens is 214 g/mol. The first-order valence-corrected chi connectivity index (χ1v) is 6.48. The predicted molar refractivity (Wildman–Crippen MR) is 72.6 cm³/mol. The van der Waals surface area contributed by atoms with Gasteiger partial charge in [0.1, 0.15) is 0 Å². The Kier molecular flexibility index (Phi) is 6.72. The quantitative estimate of drug-likeness (QED) is 0.537. The summed E-state index contributed by atoms with van der Waals surface area (Å²) in [6, 6.07) is -0.116. The van der Waals surface area contributed by atoms with Gasteiger partial charge < -0.3 is 15.1 Å². The molecule has 0 heterocycles. The fourth-order valence-corrected chi connectivity index (χ4v) is 1.59. The third-order valence-corrected chi connectivity index (χ3v) is 3.03. The van der Waals surface area contributed by atoms with E-state index in [1.807, 2.05) is 20.9 Å². The molecule has 0 rings (SSSR count). The molecule has 1 atom stereocenters. The van der Waals surface area contributed by atoms with Crippen molar-refractivity contribution in [1.29, 1.82) is 0 Å². The minimum absolute atomic E-state index is 0.0604. The van der Waals surface area contributed by atoms with E-state index < -0.39 is 0 Å². The standard InChI is InChI=1S/C13H30N3O/c1-11(2)15(3)13(17)12(14)9-7-8-10-16(4,5)6/h11-12H,7-10,14H2,1-6H3/q+1. The lowest BCUT2D eigenvalue weighted by Crippen LogP contribution is -2.44. The summed E-state index contributed by atoms with van der Waals surface area (Å²) in [6.07, 6.45) is 2.93. The zero-order valence-electron chi connectivity index (χ0n) is 12.4. The molecule has 0 fully saturated rings. The summed E-state index contributed by atoms with van der Waals surface area (Å²) in [5.41, 5.74) is 5.91. The van der Waals surface area contributed by atoms with Crippen molar-refractivity contribution >= 4 is 5.91 Å². The van der Waals surface area contributed by atoms with Gasteiger partial charge in [-0.2, -0.15) is 0 Å². The van der Waals surface area contributed by atoms with Crippen LogP contribution >= 0.6 is 0 Å². The summed E-state index contributed by atoms with van der Waals surface area (Å²) in [7, 11) is 8.35. The van der Waals surface area contributed by atoms with Crippen molar-refractivity contribution in [2.75, 3.05) is 34.7 Å². The summed E-state index contributed by atoms with van der Waals surface area (Å²) < 4.78 is 0.967. The maximum atomic E-state index is 11.9. The molecule has 0 radical (unpaired) electrons. The van der Waals surface area contributed by atoms with Gasteiger partial charge in [0.25, 0.3) is 0 Å². The van der Waals surface area contributed by atoms with Gasteiger partial charge in [0.15, 0.2) is 0 Å². The first-order chi connectivity index (χ1) is 7.65. The normalized spacial score (nSPS) is 13.9. The van der Waals surface area contributed by atoms with Crippen molar-refractivity contribution in [2.45, 2.75) is 45.2 Å². The summed E-state index contributed by atoms with van der Waals surface area (Å²) in [5, 5.41) is 0. The van der Waals surface area contributed by atoms with Crippen molar-refractivity contribution < 1.29 is 9.28 Å². The van der Waals surface area contributed by atoms with Gasteiger partial charge in [-0.05, 0) is 33.1 Å². The Labute approximate surface area is 106 Å². The molecule has 17 heavy (non-hydrogen) atoms. The van der Waals surface area contributed by atoms with Gasteiger partial charge in [0.05, 0.1) is 33.7 Å². The second kappa shape index (κ2) is 6.97. The molecule has 0 spiro atoms. The Hall–Kier alpha value is -0.610. The summed E-state index contributed by atoms with van der Waals surface area (Å²) >= 11 is 0. The number of rotatable bonds is 7. The zero-order chi connectivity index (χ0) is 13.6. The van der Waals surface area contributed by atoms with Crippen LogP contribution in [0.4, 0.5) is 0 Å². The first-order valence-electron chi connectivity index (χ1n) is 6.48. The van der Waals surface area contributed by atoms with Crippen LogP contribution in [0.1, 0.15) is 33.1 Å². The molecule has 0 aliphatic carbocycles. The second-order valence-electron chi connectivity index (χ2n) is 6.16. The summed E-state index contributed by atoms with van der Waals surface area (Å²) in [6.45, 7) is 5.13. The molecule has 0 aromatic rings. The molecule has 0 aliphatic rings. The predicted octanol–water partition coefficient (Wildman–Crippen LogP) is 1.06. The first kappa shape index (κ1) is 16.4. The molecule has 0 aromatic carbocycles. The molecule has 4 heteroatoms. The Morgan fingerprint density at radius 2 is 1.76 bits per heavy atom. The van der Waals surface area contributed by atoms with Crippen molar-refractivity contribution in [3.63, 3.8) is 0 Å². The van der Waals surface area contributed by atoms with Crippen molar-refractivity contribution in [3.8, 4) is 0 Å². The van der Waals surface area contributed by atoms with Gasteiger partial charge in [0, 0.05) is 13.1 Å². The highest BCUT2D eigenvalue weighted by atomic mass is 16.2. The molecule has 0 saturated carbocycles. The number of nitrogens with zero attached hydrogens (tertiary/aromatic N) is 2. The molecule has 0 bridgehead atoms. The van der Waals surface area contributed by atoms with Gasteiger partial charge in [-0.25, -0.2) is 0 Å². The fraction of sp³-hybridized carbons (Fsp3) is 0.923. The number of hydrogen-bond acceptors (Lipinski definition) is 2. The number of carbonyl (C=O) groups excluding carboxylic acids is 1. The van der Waals surface area contributed by atoms with Crippen molar-refractivity contribution in [1.82, 2.24) is 4.90 Å². The number of hydrogen-bond donors (Lipinski definition) is 1. The van der Waals surface area contributed by atoms with E-state index in [0.717, 1.165) is 30.3 Å². The lowest BCUT2D eigenvalue weighted by molar-refractivity contribution is -0.870. The number of amides is 1. The van der Waals surface area contributed by atoms with Crippen LogP contribution in [0.25, 0.3) is 0 Å². The summed E-state index contributed by atoms with van der Waals surface area (Å²) in [5.74, 6) is 0.0604. The highest BCUT2D eigenvalue weighted by Gasteiger charge is 2.19. The highest BCUT2D eigenvalue weighted by molar-refractivity contribution is 5.81. The van der Waals surface area contributed by atoms with E-state index in [-0.39, 0.29) is 18.0 Å². The van der Waals surface area contributed by atoms with Gasteiger partial charge >= 0.3 is 0 Å². The Bertz CT molecular complexity index is 233. The van der Waals surface area contributed by atoms with Crippen molar-refractivity contribution in [3.05, 3.63) is 0 Å². The average molecular weight is 244 g/mol. The maximum Gasteiger partial charge on any atom is 0.239 e. The number of nitrogens with two attached hydrogens (primary N) is 1. The van der Waals surface area contributed by atoms with Crippen LogP contribution in [0.3, 0.4) is 0 Å². The topological polar surface area (TPSA) is 46.3 Å². The van der Waals surface area contributed by atoms with Crippen LogP contribution < -0.4 is 5.73 Å². The molecule has 0 aliphatic heterocycles. The lowest BCUT2D eigenvalue weighted by Gasteiger charge is -2.26. The zero-order valence-corrected chi connectivity index (χ0v) is 12.4. The largest absolute Gasteiger partial charge is 0.342 e. The molecule has 2 N–H and O–H groups in total. The second-order valence-corrected chi connectivity index (χ2v) is 6.16. The number of unbranched alkanes of at least 4 members (excludes halogenated alkanes) is 1. The van der Waals surface area contributed by atoms with Crippen LogP contribution in [0, 0.1) is 0 Å². The van der Waals surface area contributed by atoms with Crippen LogP contribution in [-0.2, 0) is 4.79 Å². The maximum absolute atomic E-state index is 11.9. The lowest BCUT2D eigenvalue weighted by atomic mass is 10.1. The van der Waals surface area contributed by atoms with Gasteiger partial charge in [-0.3, -0.25) is 4.79 Å². The van der Waals surface area contributed by atoms with Crippen LogP contribution in [0.2, 0.25) is 0 Å². The monoisotopic (exact) mass is 244 g/mol. The minimum Gasteiger partial charge on any atom is -0.342 e. The number of carbonyl (C=O) groups is 1. The minimum atomic E-state index is -0.338. The molecular formula is C13H30N3O+. The van der Waals surface area contributed by atoms with E-state index in [4.69, 9.17) is 5.73 Å². The summed E-state index contributed by atoms with van der Waals surface area (Å²) in [4.78, 5) is 13.6. The fourth-order valence-electron chi connectivity index (χ4n) is 1.59. The van der Waals surface area contributed by atoms with Crippen LogP contribution in [0.5, 0.6) is 0 Å². The van der Waals surface area contributed by atoms with E-state index in [1.54, 1.807) is 4.90 Å². The van der Waals surface area contributed by atoms with E-state index >= 15 is 0 Å². The number of likely N-dealkylation sites (N-methyl/N-ethyl adjacent to an activating group) is 1. The van der Waals surface area contributed by atoms with E-state index in [1.165, 1.54) is 0 Å². The molecule has 1 amide bonds. The highest BCUT2D eigenvalue weighted by Crippen LogP contribution is 2.06. The average Bonchev–Trinajstić information content (AvgIpc) is 2.20. The Balaban J connectivity index is 3.87. The van der Waals surface area contributed by atoms with E-state index in [0.29, 0.717) is 0 Å². The van der Waals surface area contributed by atoms with Gasteiger partial charge in [-0.15, -0.1) is 0 Å². The van der Waals surface area contributed by atoms with Gasteiger partial charge in [0.2, 0.25) is 5.91 Å². The Morgan fingerprint density at radius 3 is 2.18 bits per heavy atom. The Morgan fingerprint density at radius 1 is 1.24 bits per heavy atom. The van der Waals surface area contributed by atoms with Crippen molar-refractivity contribution in [2.24, 2.45) is 5.73 Å². The molecule has 4 nitrogen and oxygen atoms in total. The van der Waals surface area contributed by atoms with Crippen LogP contribution in [-0.4, -0.2) is 62.1 Å². The molecule has 0 saturated heterocycles. The van der Waals surface area contributed by atoms with E-state index in [9.17, 15) is 4.79 Å². The van der Waals surface area contributed by atoms with Crippen LogP contribution in [0.15, 0.2) is 0 Å². The van der Waals surface area contributed by atoms with E-state index in [2.05, 4.69) is 21.1 Å².